The number of hydrogen-bond donors (Lipinski definition) is 1. The van der Waals surface area contributed by atoms with Crippen molar-refractivity contribution in [2.75, 3.05) is 0 Å². The number of halogens is 1. The van der Waals surface area contributed by atoms with E-state index >= 15 is 0 Å². The van der Waals surface area contributed by atoms with E-state index in [-0.39, 0.29) is 0 Å². The summed E-state index contributed by atoms with van der Waals surface area (Å²) in [5, 5.41) is 9.64. The zero-order valence-corrected chi connectivity index (χ0v) is 10.7. The van der Waals surface area contributed by atoms with E-state index in [0.717, 1.165) is 12.1 Å². The van der Waals surface area contributed by atoms with Gasteiger partial charge >= 0.3 is 0 Å². The molecule has 0 aromatic carbocycles. The van der Waals surface area contributed by atoms with Gasteiger partial charge in [0.2, 0.25) is 0 Å². The summed E-state index contributed by atoms with van der Waals surface area (Å²) in [7, 11) is 0. The molecule has 0 bridgehead atoms. The predicted octanol–water partition coefficient (Wildman–Crippen LogP) is 1.00. The van der Waals surface area contributed by atoms with Crippen molar-refractivity contribution in [1.29, 1.82) is 0 Å². The summed E-state index contributed by atoms with van der Waals surface area (Å²) in [4.78, 5) is 12.5. The number of alkyl halides is 1. The number of nitrogens with zero attached hydrogens (tertiary/aromatic N) is 4. The molecule has 2 aromatic heterocycles. The van der Waals surface area contributed by atoms with Crippen LogP contribution in [0.1, 0.15) is 25.8 Å². The molecule has 1 aliphatic rings. The van der Waals surface area contributed by atoms with Crippen molar-refractivity contribution in [3.05, 3.63) is 18.3 Å². The fourth-order valence-electron chi connectivity index (χ4n) is 2.37. The zero-order chi connectivity index (χ0) is 13.6. The van der Waals surface area contributed by atoms with Crippen LogP contribution in [0.3, 0.4) is 0 Å². The Morgan fingerprint density at radius 3 is 2.84 bits per heavy atom. The third-order valence-corrected chi connectivity index (χ3v) is 3.48. The smallest absolute Gasteiger partial charge is 0.173 e. The molecule has 2 aromatic rings. The van der Waals surface area contributed by atoms with E-state index in [2.05, 4.69) is 15.0 Å². The summed E-state index contributed by atoms with van der Waals surface area (Å²) >= 11 is 0. The van der Waals surface area contributed by atoms with E-state index in [1.165, 1.54) is 17.2 Å². The molecule has 0 aliphatic carbocycles. The van der Waals surface area contributed by atoms with Crippen LogP contribution in [0.25, 0.3) is 11.2 Å². The molecule has 1 N–H and O–H groups in total. The van der Waals surface area contributed by atoms with E-state index in [4.69, 9.17) is 4.74 Å². The first-order valence-electron chi connectivity index (χ1n) is 6.27. The highest BCUT2D eigenvalue weighted by Crippen LogP contribution is 2.33. The second kappa shape index (κ2) is 4.50. The zero-order valence-electron chi connectivity index (χ0n) is 10.7. The van der Waals surface area contributed by atoms with E-state index in [1.807, 2.05) is 6.92 Å². The van der Waals surface area contributed by atoms with Gasteiger partial charge in [0.25, 0.3) is 0 Å². The van der Waals surface area contributed by atoms with Gasteiger partial charge in [-0.05, 0) is 13.3 Å². The molecule has 0 spiro atoms. The molecular formula is C12H15FN4O2. The van der Waals surface area contributed by atoms with E-state index < -0.39 is 24.6 Å². The van der Waals surface area contributed by atoms with Crippen LogP contribution in [0.15, 0.2) is 12.7 Å². The minimum absolute atomic E-state index is 0.529. The molecule has 3 heterocycles. The number of fused-ring (bicyclic) bond motifs is 1. The van der Waals surface area contributed by atoms with Crippen LogP contribution >= 0.6 is 0 Å². The van der Waals surface area contributed by atoms with Gasteiger partial charge in [0, 0.05) is 0 Å². The van der Waals surface area contributed by atoms with Crippen molar-refractivity contribution in [3.63, 3.8) is 0 Å². The number of ether oxygens (including phenoxy) is 1. The lowest BCUT2D eigenvalue weighted by Crippen LogP contribution is -2.26. The molecule has 1 aliphatic heterocycles. The van der Waals surface area contributed by atoms with Crippen LogP contribution in [0, 0.1) is 0 Å². The van der Waals surface area contributed by atoms with Crippen molar-refractivity contribution < 1.29 is 14.2 Å². The molecule has 3 rings (SSSR count). The fourth-order valence-corrected chi connectivity index (χ4v) is 2.37. The van der Waals surface area contributed by atoms with Gasteiger partial charge in [0.05, 0.1) is 18.1 Å². The van der Waals surface area contributed by atoms with Gasteiger partial charge in [-0.15, -0.1) is 0 Å². The van der Waals surface area contributed by atoms with Crippen molar-refractivity contribution in [1.82, 2.24) is 19.5 Å². The fraction of sp³-hybridized carbons (Fsp3) is 0.583. The number of aliphatic hydroxyl groups excluding tert-OH is 1. The van der Waals surface area contributed by atoms with Crippen molar-refractivity contribution >= 4 is 11.2 Å². The number of rotatable bonds is 2. The van der Waals surface area contributed by atoms with Crippen LogP contribution in [0.2, 0.25) is 0 Å². The first-order valence-corrected chi connectivity index (χ1v) is 6.27. The standard InChI is InChI=1S/C12H15FN4O2/c1-3-7-9-11(15-4-14-7)17(5-16-9)12-8(13)10(18)6(2)19-12/h4-6,8,10,12,18H,3H2,1-2H3/t6-,8+,10-,12-/m1/s1. The quantitative estimate of drug-likeness (QED) is 0.878. The molecule has 0 unspecified atom stereocenters. The van der Waals surface area contributed by atoms with Gasteiger partial charge in [0.15, 0.2) is 18.0 Å². The maximum Gasteiger partial charge on any atom is 0.173 e. The Balaban J connectivity index is 2.07. The van der Waals surface area contributed by atoms with Crippen molar-refractivity contribution in [2.24, 2.45) is 0 Å². The van der Waals surface area contributed by atoms with Gasteiger partial charge in [0.1, 0.15) is 17.9 Å². The summed E-state index contributed by atoms with van der Waals surface area (Å²) < 4.78 is 21.0. The summed E-state index contributed by atoms with van der Waals surface area (Å²) in [6.07, 6.45) is -0.427. The van der Waals surface area contributed by atoms with E-state index in [9.17, 15) is 9.50 Å². The summed E-state index contributed by atoms with van der Waals surface area (Å²) in [5.74, 6) is 0. The Kier molecular flexibility index (Phi) is 2.94. The maximum atomic E-state index is 14.0. The van der Waals surface area contributed by atoms with Crippen molar-refractivity contribution in [2.45, 2.75) is 44.9 Å². The Bertz CT molecular complexity index is 602. The SMILES string of the molecule is CCc1ncnc2c1ncn2[C@@H]1O[C@H](C)[C@@H](O)[C@@H]1F. The lowest BCUT2D eigenvalue weighted by atomic mass is 10.2. The largest absolute Gasteiger partial charge is 0.387 e. The van der Waals surface area contributed by atoms with Crippen LogP contribution in [0.4, 0.5) is 4.39 Å². The van der Waals surface area contributed by atoms with Gasteiger partial charge < -0.3 is 9.84 Å². The van der Waals surface area contributed by atoms with Crippen molar-refractivity contribution in [3.8, 4) is 0 Å². The maximum absolute atomic E-state index is 14.0. The molecule has 1 fully saturated rings. The Labute approximate surface area is 109 Å². The highest BCUT2D eigenvalue weighted by Gasteiger charge is 2.43. The van der Waals surface area contributed by atoms with Crippen LogP contribution in [0.5, 0.6) is 0 Å². The molecule has 4 atom stereocenters. The minimum atomic E-state index is -1.49. The third kappa shape index (κ3) is 1.81. The summed E-state index contributed by atoms with van der Waals surface area (Å²) in [6.45, 7) is 3.61. The number of imidazole rings is 1. The van der Waals surface area contributed by atoms with Gasteiger partial charge in [-0.3, -0.25) is 4.57 Å². The molecular weight excluding hydrogens is 251 g/mol. The Morgan fingerprint density at radius 1 is 1.42 bits per heavy atom. The predicted molar refractivity (Wildman–Crippen MR) is 65.2 cm³/mol. The third-order valence-electron chi connectivity index (χ3n) is 3.48. The van der Waals surface area contributed by atoms with Gasteiger partial charge in [-0.2, -0.15) is 0 Å². The minimum Gasteiger partial charge on any atom is -0.387 e. The molecule has 1 saturated heterocycles. The average Bonchev–Trinajstić information content (AvgIpc) is 2.95. The molecule has 0 saturated carbocycles. The van der Waals surface area contributed by atoms with Gasteiger partial charge in [-0.1, -0.05) is 6.92 Å². The first-order chi connectivity index (χ1) is 9.13. The van der Waals surface area contributed by atoms with Crippen LogP contribution < -0.4 is 0 Å². The number of aromatic nitrogens is 4. The average molecular weight is 266 g/mol. The molecule has 102 valence electrons. The Morgan fingerprint density at radius 2 is 2.21 bits per heavy atom. The number of hydrogen-bond acceptors (Lipinski definition) is 5. The molecule has 19 heavy (non-hydrogen) atoms. The molecule has 0 amide bonds. The monoisotopic (exact) mass is 266 g/mol. The molecule has 0 radical (unpaired) electrons. The van der Waals surface area contributed by atoms with Crippen LogP contribution in [-0.4, -0.2) is 43.0 Å². The second-order valence-corrected chi connectivity index (χ2v) is 4.66. The molecule has 7 heteroatoms. The Hall–Kier alpha value is -1.60. The second-order valence-electron chi connectivity index (χ2n) is 4.66. The summed E-state index contributed by atoms with van der Waals surface area (Å²) in [6, 6.07) is 0. The number of aryl methyl sites for hydroxylation is 1. The highest BCUT2D eigenvalue weighted by molar-refractivity contribution is 5.73. The molecule has 6 nitrogen and oxygen atoms in total. The number of aliphatic hydroxyl groups is 1. The van der Waals surface area contributed by atoms with E-state index in [1.54, 1.807) is 6.92 Å². The highest BCUT2D eigenvalue weighted by atomic mass is 19.1. The lowest BCUT2D eigenvalue weighted by molar-refractivity contribution is -0.0137. The normalized spacial score (nSPS) is 31.2. The topological polar surface area (TPSA) is 73.1 Å². The van der Waals surface area contributed by atoms with E-state index in [0.29, 0.717) is 11.2 Å². The van der Waals surface area contributed by atoms with Crippen LogP contribution in [-0.2, 0) is 11.2 Å². The lowest BCUT2D eigenvalue weighted by Gasteiger charge is -2.14. The summed E-state index contributed by atoms with van der Waals surface area (Å²) in [5.41, 5.74) is 1.99. The first kappa shape index (κ1) is 12.4. The van der Waals surface area contributed by atoms with Gasteiger partial charge in [-0.25, -0.2) is 19.3 Å².